The number of rotatable bonds is 6. The van der Waals surface area contributed by atoms with E-state index in [1.54, 1.807) is 31.1 Å². The lowest BCUT2D eigenvalue weighted by molar-refractivity contribution is -0.131. The van der Waals surface area contributed by atoms with Gasteiger partial charge < -0.3 is 9.84 Å². The van der Waals surface area contributed by atoms with Crippen LogP contribution in [0.25, 0.3) is 6.08 Å². The van der Waals surface area contributed by atoms with Crippen LogP contribution in [0.4, 0.5) is 0 Å². The molecule has 5 heteroatoms. The number of hydrogen-bond acceptors (Lipinski definition) is 4. The molecule has 0 aliphatic rings. The molecule has 108 valence electrons. The summed E-state index contributed by atoms with van der Waals surface area (Å²) in [6.07, 6.45) is 4.48. The first-order chi connectivity index (χ1) is 10.2. The van der Waals surface area contributed by atoms with Crippen molar-refractivity contribution in [1.82, 2.24) is 4.98 Å². The van der Waals surface area contributed by atoms with Crippen LogP contribution in [-0.2, 0) is 10.5 Å². The molecular formula is C16H15NO3S. The van der Waals surface area contributed by atoms with E-state index in [0.717, 1.165) is 28.0 Å². The highest BCUT2D eigenvalue weighted by molar-refractivity contribution is 7.98. The fourth-order valence-electron chi connectivity index (χ4n) is 1.74. The molecule has 0 fully saturated rings. The minimum atomic E-state index is -0.964. The summed E-state index contributed by atoms with van der Waals surface area (Å²) in [6.45, 7) is 0. The van der Waals surface area contributed by atoms with E-state index in [2.05, 4.69) is 4.98 Å². The Balaban J connectivity index is 2.20. The maximum Gasteiger partial charge on any atom is 0.328 e. The molecule has 0 radical (unpaired) electrons. The van der Waals surface area contributed by atoms with Crippen molar-refractivity contribution in [3.8, 4) is 5.75 Å². The van der Waals surface area contributed by atoms with Crippen LogP contribution in [0.1, 0.15) is 11.1 Å². The van der Waals surface area contributed by atoms with Gasteiger partial charge in [0.05, 0.1) is 12.1 Å². The number of thioether (sulfide) groups is 1. The smallest absolute Gasteiger partial charge is 0.328 e. The van der Waals surface area contributed by atoms with Gasteiger partial charge in [0, 0.05) is 18.0 Å². The largest absolute Gasteiger partial charge is 0.497 e. The summed E-state index contributed by atoms with van der Waals surface area (Å²) in [5.41, 5.74) is 1.86. The highest BCUT2D eigenvalue weighted by Gasteiger charge is 2.05. The number of methoxy groups -OCH3 is 1. The van der Waals surface area contributed by atoms with E-state index >= 15 is 0 Å². The lowest BCUT2D eigenvalue weighted by atomic mass is 10.1. The highest BCUT2D eigenvalue weighted by Crippen LogP contribution is 2.26. The fourth-order valence-corrected chi connectivity index (χ4v) is 2.61. The van der Waals surface area contributed by atoms with Crippen molar-refractivity contribution in [2.45, 2.75) is 10.8 Å². The van der Waals surface area contributed by atoms with Crippen molar-refractivity contribution >= 4 is 23.8 Å². The summed E-state index contributed by atoms with van der Waals surface area (Å²) in [4.78, 5) is 14.9. The van der Waals surface area contributed by atoms with Crippen molar-refractivity contribution in [1.29, 1.82) is 0 Å². The summed E-state index contributed by atoms with van der Waals surface area (Å²) in [6, 6.07) is 11.3. The van der Waals surface area contributed by atoms with E-state index in [-0.39, 0.29) is 0 Å². The number of carboxylic acids is 1. The zero-order valence-electron chi connectivity index (χ0n) is 11.5. The minimum Gasteiger partial charge on any atom is -0.497 e. The Hall–Kier alpha value is -2.27. The molecule has 0 bridgehead atoms. The van der Waals surface area contributed by atoms with Gasteiger partial charge in [0.2, 0.25) is 0 Å². The number of aromatic nitrogens is 1. The molecule has 2 aromatic rings. The molecule has 0 unspecified atom stereocenters. The van der Waals surface area contributed by atoms with Gasteiger partial charge >= 0.3 is 5.97 Å². The molecule has 0 spiro atoms. The van der Waals surface area contributed by atoms with Crippen LogP contribution in [0.2, 0.25) is 0 Å². The molecule has 1 aromatic carbocycles. The Morgan fingerprint density at radius 2 is 2.24 bits per heavy atom. The first-order valence-electron chi connectivity index (χ1n) is 6.31. The molecule has 4 nitrogen and oxygen atoms in total. The molecule has 0 saturated carbocycles. The molecule has 0 saturated heterocycles. The number of nitrogens with zero attached hydrogens (tertiary/aromatic N) is 1. The monoisotopic (exact) mass is 301 g/mol. The Kier molecular flexibility index (Phi) is 5.40. The van der Waals surface area contributed by atoms with E-state index in [9.17, 15) is 4.79 Å². The molecule has 0 amide bonds. The van der Waals surface area contributed by atoms with Gasteiger partial charge in [-0.05, 0) is 41.5 Å². The van der Waals surface area contributed by atoms with Gasteiger partial charge in [0.25, 0.3) is 0 Å². The molecule has 0 aliphatic heterocycles. The van der Waals surface area contributed by atoms with Gasteiger partial charge in [0.1, 0.15) is 5.75 Å². The predicted molar refractivity (Wildman–Crippen MR) is 83.5 cm³/mol. The summed E-state index contributed by atoms with van der Waals surface area (Å²) >= 11 is 1.59. The van der Waals surface area contributed by atoms with Crippen molar-refractivity contribution < 1.29 is 14.6 Å². The first-order valence-corrected chi connectivity index (χ1v) is 7.29. The van der Waals surface area contributed by atoms with Gasteiger partial charge in [-0.15, -0.1) is 11.8 Å². The molecule has 21 heavy (non-hydrogen) atoms. The lowest BCUT2D eigenvalue weighted by Crippen LogP contribution is -1.92. The van der Waals surface area contributed by atoms with Crippen LogP contribution in [-0.4, -0.2) is 23.2 Å². The second kappa shape index (κ2) is 7.50. The maximum atomic E-state index is 10.7. The van der Waals surface area contributed by atoms with E-state index < -0.39 is 5.97 Å². The topological polar surface area (TPSA) is 59.4 Å². The van der Waals surface area contributed by atoms with Crippen LogP contribution >= 0.6 is 11.8 Å². The summed E-state index contributed by atoms with van der Waals surface area (Å²) in [5, 5.41) is 9.67. The number of benzene rings is 1. The molecule has 2 rings (SSSR count). The normalized spacial score (nSPS) is 10.7. The van der Waals surface area contributed by atoms with E-state index in [1.165, 1.54) is 0 Å². The van der Waals surface area contributed by atoms with E-state index in [0.29, 0.717) is 5.75 Å². The fraction of sp³-hybridized carbons (Fsp3) is 0.125. The quantitative estimate of drug-likeness (QED) is 0.654. The highest BCUT2D eigenvalue weighted by atomic mass is 32.2. The second-order valence-corrected chi connectivity index (χ2v) is 5.19. The SMILES string of the molecule is COc1ccc(C=CC(=O)O)c(CSc2ccccn2)c1. The van der Waals surface area contributed by atoms with Crippen LogP contribution < -0.4 is 4.74 Å². The minimum absolute atomic E-state index is 0.688. The number of carbonyl (C=O) groups is 1. The van der Waals surface area contributed by atoms with Crippen molar-refractivity contribution in [3.05, 3.63) is 59.8 Å². The number of carboxylic acid groups (broad SMARTS) is 1. The van der Waals surface area contributed by atoms with Gasteiger partial charge in [-0.25, -0.2) is 9.78 Å². The van der Waals surface area contributed by atoms with Crippen LogP contribution in [0.15, 0.2) is 53.7 Å². The zero-order valence-corrected chi connectivity index (χ0v) is 12.3. The first kappa shape index (κ1) is 15.1. The van der Waals surface area contributed by atoms with Gasteiger partial charge in [0.15, 0.2) is 0 Å². The molecule has 0 aliphatic carbocycles. The third-order valence-electron chi connectivity index (χ3n) is 2.77. The Bertz CT molecular complexity index is 641. The standard InChI is InChI=1S/C16H15NO3S/c1-20-14-7-5-12(6-8-16(18)19)13(10-14)11-21-15-4-2-3-9-17-15/h2-10H,11H2,1H3,(H,18,19). The zero-order chi connectivity index (χ0) is 15.1. The Labute approximate surface area is 127 Å². The third kappa shape index (κ3) is 4.65. The van der Waals surface area contributed by atoms with Crippen LogP contribution in [0, 0.1) is 0 Å². The maximum absolute atomic E-state index is 10.7. The van der Waals surface area contributed by atoms with Crippen molar-refractivity contribution in [2.24, 2.45) is 0 Å². The number of hydrogen-bond donors (Lipinski definition) is 1. The molecule has 1 aromatic heterocycles. The third-order valence-corrected chi connectivity index (χ3v) is 3.76. The summed E-state index contributed by atoms with van der Waals surface area (Å²) in [7, 11) is 1.61. The van der Waals surface area contributed by atoms with Crippen LogP contribution in [0.5, 0.6) is 5.75 Å². The molecule has 0 atom stereocenters. The number of aliphatic carboxylic acids is 1. The summed E-state index contributed by atoms with van der Waals surface area (Å²) in [5.74, 6) is 0.473. The average Bonchev–Trinajstić information content (AvgIpc) is 2.52. The Morgan fingerprint density at radius 1 is 1.38 bits per heavy atom. The van der Waals surface area contributed by atoms with Crippen molar-refractivity contribution in [2.75, 3.05) is 7.11 Å². The second-order valence-electron chi connectivity index (χ2n) is 4.19. The Morgan fingerprint density at radius 3 is 2.90 bits per heavy atom. The van der Waals surface area contributed by atoms with Gasteiger partial charge in [-0.3, -0.25) is 0 Å². The van der Waals surface area contributed by atoms with E-state index in [1.807, 2.05) is 36.4 Å². The lowest BCUT2D eigenvalue weighted by Gasteiger charge is -2.08. The van der Waals surface area contributed by atoms with E-state index in [4.69, 9.17) is 9.84 Å². The molecule has 1 heterocycles. The molecule has 1 N–H and O–H groups in total. The average molecular weight is 301 g/mol. The number of pyridine rings is 1. The summed E-state index contributed by atoms with van der Waals surface area (Å²) < 4.78 is 5.22. The number of ether oxygens (including phenoxy) is 1. The van der Waals surface area contributed by atoms with Crippen LogP contribution in [0.3, 0.4) is 0 Å². The van der Waals surface area contributed by atoms with Gasteiger partial charge in [-0.2, -0.15) is 0 Å². The molecular weight excluding hydrogens is 286 g/mol. The van der Waals surface area contributed by atoms with Gasteiger partial charge in [-0.1, -0.05) is 12.1 Å². The predicted octanol–water partition coefficient (Wildman–Crippen LogP) is 3.48. The van der Waals surface area contributed by atoms with Crippen molar-refractivity contribution in [3.63, 3.8) is 0 Å².